The highest BCUT2D eigenvalue weighted by Crippen LogP contribution is 2.40. The van der Waals surface area contributed by atoms with Crippen molar-refractivity contribution in [1.29, 1.82) is 0 Å². The van der Waals surface area contributed by atoms with Crippen LogP contribution in [-0.4, -0.2) is 28.3 Å². The Kier molecular flexibility index (Phi) is 3.92. The van der Waals surface area contributed by atoms with Crippen molar-refractivity contribution in [3.05, 3.63) is 57.5 Å². The van der Waals surface area contributed by atoms with Crippen molar-refractivity contribution < 1.29 is 4.79 Å². The Hall–Kier alpha value is -2.47. The highest BCUT2D eigenvalue weighted by Gasteiger charge is 2.36. The standard InChI is InChI=1S/C19H22N4O2/c1-12-13(2)23(17-6-4-3-5-15(12)17)18(24)11-22-19(25)16-7-8-20-9-14(16)10-21-22/h3-6,10,12-13,20H,7-9,11H2,1-2H3. The number of hydrogen-bond donors (Lipinski definition) is 1. The monoisotopic (exact) mass is 338 g/mol. The number of nitrogens with zero attached hydrogens (tertiary/aromatic N) is 3. The molecule has 2 aliphatic rings. The molecule has 2 atom stereocenters. The summed E-state index contributed by atoms with van der Waals surface area (Å²) in [5.41, 5.74) is 3.71. The van der Waals surface area contributed by atoms with E-state index in [2.05, 4.69) is 30.3 Å². The summed E-state index contributed by atoms with van der Waals surface area (Å²) in [6.45, 7) is 5.62. The summed E-state index contributed by atoms with van der Waals surface area (Å²) in [6, 6.07) is 8.06. The van der Waals surface area contributed by atoms with Crippen LogP contribution >= 0.6 is 0 Å². The summed E-state index contributed by atoms with van der Waals surface area (Å²) >= 11 is 0. The molecule has 3 heterocycles. The Morgan fingerprint density at radius 2 is 2.12 bits per heavy atom. The van der Waals surface area contributed by atoms with Gasteiger partial charge in [-0.1, -0.05) is 25.1 Å². The molecule has 6 heteroatoms. The van der Waals surface area contributed by atoms with E-state index in [1.165, 1.54) is 10.2 Å². The Morgan fingerprint density at radius 1 is 1.32 bits per heavy atom. The largest absolute Gasteiger partial charge is 0.312 e. The van der Waals surface area contributed by atoms with Gasteiger partial charge in [0.25, 0.3) is 5.56 Å². The number of amides is 1. The molecule has 2 unspecified atom stereocenters. The molecule has 0 saturated carbocycles. The molecule has 1 aromatic carbocycles. The molecule has 0 spiro atoms. The fourth-order valence-corrected chi connectivity index (χ4v) is 3.89. The molecule has 0 radical (unpaired) electrons. The number of fused-ring (bicyclic) bond motifs is 2. The molecule has 2 aromatic rings. The van der Waals surface area contributed by atoms with Crippen LogP contribution in [0.5, 0.6) is 0 Å². The van der Waals surface area contributed by atoms with Crippen LogP contribution in [0, 0.1) is 0 Å². The highest BCUT2D eigenvalue weighted by atomic mass is 16.2. The van der Waals surface area contributed by atoms with E-state index in [9.17, 15) is 9.59 Å². The van der Waals surface area contributed by atoms with E-state index >= 15 is 0 Å². The maximum absolute atomic E-state index is 13.0. The maximum Gasteiger partial charge on any atom is 0.270 e. The first-order valence-corrected chi connectivity index (χ1v) is 8.77. The molecule has 130 valence electrons. The number of para-hydroxylation sites is 1. The number of anilines is 1. The molecule has 25 heavy (non-hydrogen) atoms. The van der Waals surface area contributed by atoms with E-state index in [1.54, 1.807) is 6.20 Å². The topological polar surface area (TPSA) is 67.2 Å². The fraction of sp³-hybridized carbons (Fsp3) is 0.421. The highest BCUT2D eigenvalue weighted by molar-refractivity contribution is 5.96. The molecule has 4 rings (SSSR count). The molecule has 0 bridgehead atoms. The van der Waals surface area contributed by atoms with Crippen molar-refractivity contribution in [3.63, 3.8) is 0 Å². The van der Waals surface area contributed by atoms with Gasteiger partial charge in [-0.25, -0.2) is 4.68 Å². The fourth-order valence-electron chi connectivity index (χ4n) is 3.89. The minimum atomic E-state index is -0.138. The van der Waals surface area contributed by atoms with Gasteiger partial charge in [-0.05, 0) is 37.1 Å². The Labute approximate surface area is 146 Å². The van der Waals surface area contributed by atoms with Gasteiger partial charge in [-0.15, -0.1) is 0 Å². The summed E-state index contributed by atoms with van der Waals surface area (Å²) in [5, 5.41) is 7.45. The first-order valence-electron chi connectivity index (χ1n) is 8.77. The van der Waals surface area contributed by atoms with Gasteiger partial charge in [-0.3, -0.25) is 9.59 Å². The van der Waals surface area contributed by atoms with Crippen molar-refractivity contribution in [1.82, 2.24) is 15.1 Å². The van der Waals surface area contributed by atoms with Gasteiger partial charge in [0.15, 0.2) is 0 Å². The van der Waals surface area contributed by atoms with Crippen LogP contribution in [-0.2, 0) is 24.3 Å². The second kappa shape index (κ2) is 6.11. The predicted octanol–water partition coefficient (Wildman–Crippen LogP) is 1.43. The van der Waals surface area contributed by atoms with Gasteiger partial charge in [0, 0.05) is 29.8 Å². The van der Waals surface area contributed by atoms with Gasteiger partial charge in [0.1, 0.15) is 6.54 Å². The van der Waals surface area contributed by atoms with Crippen LogP contribution in [0.2, 0.25) is 0 Å². The summed E-state index contributed by atoms with van der Waals surface area (Å²) in [6.07, 6.45) is 2.39. The predicted molar refractivity (Wildman–Crippen MR) is 95.7 cm³/mol. The molecule has 2 aliphatic heterocycles. The van der Waals surface area contributed by atoms with Crippen molar-refractivity contribution in [3.8, 4) is 0 Å². The second-order valence-corrected chi connectivity index (χ2v) is 6.89. The minimum absolute atomic E-state index is 0.0229. The van der Waals surface area contributed by atoms with Gasteiger partial charge < -0.3 is 10.2 Å². The third-order valence-electron chi connectivity index (χ3n) is 5.47. The molecule has 0 aliphatic carbocycles. The summed E-state index contributed by atoms with van der Waals surface area (Å²) in [4.78, 5) is 27.4. The smallest absolute Gasteiger partial charge is 0.270 e. The molecule has 1 aromatic heterocycles. The zero-order valence-electron chi connectivity index (χ0n) is 14.5. The molecular formula is C19H22N4O2. The van der Waals surface area contributed by atoms with E-state index in [1.807, 2.05) is 23.1 Å². The van der Waals surface area contributed by atoms with Crippen molar-refractivity contribution >= 4 is 11.6 Å². The normalized spacial score (nSPS) is 21.8. The Morgan fingerprint density at radius 3 is 2.96 bits per heavy atom. The lowest BCUT2D eigenvalue weighted by molar-refractivity contribution is -0.119. The first-order chi connectivity index (χ1) is 12.1. The molecular weight excluding hydrogens is 316 g/mol. The molecule has 1 amide bonds. The number of hydrogen-bond acceptors (Lipinski definition) is 4. The maximum atomic E-state index is 13.0. The number of rotatable bonds is 2. The molecule has 0 fully saturated rings. The lowest BCUT2D eigenvalue weighted by atomic mass is 9.98. The average molecular weight is 338 g/mol. The minimum Gasteiger partial charge on any atom is -0.312 e. The molecule has 6 nitrogen and oxygen atoms in total. The zero-order chi connectivity index (χ0) is 17.6. The van der Waals surface area contributed by atoms with Crippen LogP contribution < -0.4 is 15.8 Å². The Bertz CT molecular complexity index is 889. The number of benzene rings is 1. The van der Waals surface area contributed by atoms with Crippen molar-refractivity contribution in [2.45, 2.75) is 45.3 Å². The van der Waals surface area contributed by atoms with Crippen molar-refractivity contribution in [2.75, 3.05) is 11.4 Å². The quantitative estimate of drug-likeness (QED) is 0.899. The molecule has 0 saturated heterocycles. The van der Waals surface area contributed by atoms with Crippen LogP contribution in [0.3, 0.4) is 0 Å². The lowest BCUT2D eigenvalue weighted by Gasteiger charge is -2.25. The van der Waals surface area contributed by atoms with Crippen LogP contribution in [0.4, 0.5) is 5.69 Å². The number of carbonyl (C=O) groups excluding carboxylic acids is 1. The number of nitrogens with one attached hydrogen (secondary N) is 1. The summed E-state index contributed by atoms with van der Waals surface area (Å²) < 4.78 is 1.31. The van der Waals surface area contributed by atoms with Crippen LogP contribution in [0.15, 0.2) is 35.3 Å². The molecule has 1 N–H and O–H groups in total. The van der Waals surface area contributed by atoms with Crippen LogP contribution in [0.1, 0.15) is 36.5 Å². The van der Waals surface area contributed by atoms with Crippen LogP contribution in [0.25, 0.3) is 0 Å². The van der Waals surface area contributed by atoms with Gasteiger partial charge in [0.05, 0.1) is 6.20 Å². The van der Waals surface area contributed by atoms with Crippen molar-refractivity contribution in [2.24, 2.45) is 0 Å². The number of carbonyl (C=O) groups is 1. The average Bonchev–Trinajstić information content (AvgIpc) is 2.89. The SMILES string of the molecule is CC1c2ccccc2N(C(=O)Cn2ncc3c(c2=O)CCNC3)C1C. The van der Waals surface area contributed by atoms with E-state index in [4.69, 9.17) is 0 Å². The Balaban J connectivity index is 1.64. The third-order valence-corrected chi connectivity index (χ3v) is 5.47. The van der Waals surface area contributed by atoms with Gasteiger partial charge in [-0.2, -0.15) is 5.10 Å². The number of aromatic nitrogens is 2. The van der Waals surface area contributed by atoms with E-state index < -0.39 is 0 Å². The summed E-state index contributed by atoms with van der Waals surface area (Å²) in [5.74, 6) is 0.187. The zero-order valence-corrected chi connectivity index (χ0v) is 14.5. The first kappa shape index (κ1) is 16.0. The van der Waals surface area contributed by atoms with E-state index in [-0.39, 0.29) is 30.0 Å². The third kappa shape index (κ3) is 2.57. The summed E-state index contributed by atoms with van der Waals surface area (Å²) in [7, 11) is 0. The van der Waals surface area contributed by atoms with E-state index in [0.717, 1.165) is 23.4 Å². The van der Waals surface area contributed by atoms with Gasteiger partial charge >= 0.3 is 0 Å². The van der Waals surface area contributed by atoms with Gasteiger partial charge in [0.2, 0.25) is 5.91 Å². The second-order valence-electron chi connectivity index (χ2n) is 6.89. The van der Waals surface area contributed by atoms with E-state index in [0.29, 0.717) is 13.0 Å². The lowest BCUT2D eigenvalue weighted by Crippen LogP contribution is -2.42.